The van der Waals surface area contributed by atoms with E-state index >= 15 is 0 Å². The van der Waals surface area contributed by atoms with Gasteiger partial charge in [0.15, 0.2) is 0 Å². The minimum atomic E-state index is 0.211. The molecule has 4 fully saturated rings. The maximum Gasteiger partial charge on any atom is 0.373 e. The van der Waals surface area contributed by atoms with Crippen LogP contribution in [0.25, 0.3) is 5.57 Å². The lowest BCUT2D eigenvalue weighted by molar-refractivity contribution is -0.221. The van der Waals surface area contributed by atoms with Crippen molar-refractivity contribution < 1.29 is 9.59 Å². The zero-order valence-corrected chi connectivity index (χ0v) is 26.9. The molecule has 2 nitrogen and oxygen atoms in total. The molecule has 9 atom stereocenters. The molecule has 0 heterocycles. The van der Waals surface area contributed by atoms with E-state index in [-0.39, 0.29) is 11.6 Å². The topological polar surface area (TPSA) is 34.1 Å². The molecule has 0 radical (unpaired) electrons. The minimum Gasteiger partial charge on any atom is -0.186 e. The van der Waals surface area contributed by atoms with Crippen molar-refractivity contribution in [3.05, 3.63) is 66.3 Å². The molecular weight excluding hydrogens is 500 g/mol. The molecular formula is C39H54O2. The zero-order valence-electron chi connectivity index (χ0n) is 26.9. The fourth-order valence-corrected chi connectivity index (χ4v) is 12.4. The largest absolute Gasteiger partial charge is 0.373 e. The fraction of sp³-hybridized carbons (Fsp3) is 0.667. The Morgan fingerprint density at radius 3 is 2.15 bits per heavy atom. The summed E-state index contributed by atoms with van der Waals surface area (Å²) in [6, 6.07) is 9.35. The highest BCUT2D eigenvalue weighted by molar-refractivity contribution is 5.71. The van der Waals surface area contributed by atoms with E-state index in [1.54, 1.807) is 5.57 Å². The first-order valence-electron chi connectivity index (χ1n) is 16.3. The Kier molecular flexibility index (Phi) is 7.55. The lowest BCUT2D eigenvalue weighted by Crippen LogP contribution is -2.65. The Labute approximate surface area is 250 Å². The minimum absolute atomic E-state index is 0.211. The molecule has 2 heteroatoms. The third kappa shape index (κ3) is 4.17. The number of carbonyl (C=O) groups excluding carboxylic acids is 2. The molecule has 0 aliphatic heterocycles. The van der Waals surface area contributed by atoms with Crippen LogP contribution < -0.4 is 0 Å². The summed E-state index contributed by atoms with van der Waals surface area (Å²) in [6.07, 6.45) is 17.6. The van der Waals surface area contributed by atoms with E-state index in [2.05, 4.69) is 98.0 Å². The van der Waals surface area contributed by atoms with Crippen molar-refractivity contribution in [2.75, 3.05) is 0 Å². The van der Waals surface area contributed by atoms with Crippen molar-refractivity contribution in [2.24, 2.45) is 56.7 Å². The normalized spacial score (nSPS) is 43.9. The predicted octanol–water partition coefficient (Wildman–Crippen LogP) is 10.2. The molecule has 222 valence electrons. The van der Waals surface area contributed by atoms with Gasteiger partial charge >= 0.3 is 6.15 Å². The van der Waals surface area contributed by atoms with Gasteiger partial charge in [0.1, 0.15) is 0 Å². The number of benzene rings is 1. The van der Waals surface area contributed by atoms with E-state index in [0.717, 1.165) is 23.7 Å². The molecule has 0 aromatic heterocycles. The fourth-order valence-electron chi connectivity index (χ4n) is 12.4. The van der Waals surface area contributed by atoms with Crippen LogP contribution in [-0.4, -0.2) is 6.15 Å². The number of hydrogen-bond acceptors (Lipinski definition) is 2. The predicted molar refractivity (Wildman–Crippen MR) is 169 cm³/mol. The van der Waals surface area contributed by atoms with Crippen LogP contribution in [-0.2, 0) is 9.59 Å². The Morgan fingerprint density at radius 1 is 0.878 bits per heavy atom. The number of hydrogen-bond donors (Lipinski definition) is 0. The maximum atomic E-state index is 8.12. The first kappa shape index (κ1) is 30.3. The Morgan fingerprint density at radius 2 is 1.54 bits per heavy atom. The average molecular weight is 555 g/mol. The van der Waals surface area contributed by atoms with Gasteiger partial charge in [-0.2, -0.15) is 9.59 Å². The van der Waals surface area contributed by atoms with Crippen LogP contribution in [0, 0.1) is 63.6 Å². The summed E-state index contributed by atoms with van der Waals surface area (Å²) in [5.74, 6) is 3.83. The summed E-state index contributed by atoms with van der Waals surface area (Å²) in [5, 5.41) is 0. The van der Waals surface area contributed by atoms with E-state index in [1.165, 1.54) is 74.5 Å². The standard InChI is InChI=1S/C38H54.CO2/c1-10-38-22-17-28(25(2)3)33(38)30-15-16-32-35(7)20-18-29(27-13-11-26(4)12-14-27)34(5,6)31(35)19-21-37(32,9)36(30,8)23-24-38;2-1-3/h10-14,18,28,30-33H,1-2,15-17,19-24H2,3-9H3;/t28-,30+,31-,32+,33+,35-,36+,37+,38+;/m0./s1. The van der Waals surface area contributed by atoms with Crippen LogP contribution in [0.5, 0.6) is 0 Å². The molecule has 0 unspecified atom stereocenters. The Hall–Kier alpha value is -2.18. The maximum absolute atomic E-state index is 8.12. The number of rotatable bonds is 3. The van der Waals surface area contributed by atoms with Gasteiger partial charge in [0.25, 0.3) is 0 Å². The van der Waals surface area contributed by atoms with E-state index in [0.29, 0.717) is 27.6 Å². The molecule has 5 aliphatic carbocycles. The molecule has 41 heavy (non-hydrogen) atoms. The molecule has 4 saturated carbocycles. The van der Waals surface area contributed by atoms with Crippen LogP contribution >= 0.6 is 0 Å². The second-order valence-corrected chi connectivity index (χ2v) is 16.1. The van der Waals surface area contributed by atoms with Gasteiger partial charge < -0.3 is 0 Å². The van der Waals surface area contributed by atoms with Gasteiger partial charge in [-0.1, -0.05) is 88.8 Å². The lowest BCUT2D eigenvalue weighted by Gasteiger charge is -2.72. The zero-order chi connectivity index (χ0) is 30.0. The van der Waals surface area contributed by atoms with E-state index in [9.17, 15) is 0 Å². The molecule has 6 rings (SSSR count). The quantitative estimate of drug-likeness (QED) is 0.348. The second kappa shape index (κ2) is 10.2. The molecule has 0 N–H and O–H groups in total. The second-order valence-electron chi connectivity index (χ2n) is 16.1. The third-order valence-corrected chi connectivity index (χ3v) is 14.5. The summed E-state index contributed by atoms with van der Waals surface area (Å²) in [6.45, 7) is 26.9. The van der Waals surface area contributed by atoms with Gasteiger partial charge in [-0.25, -0.2) is 0 Å². The van der Waals surface area contributed by atoms with Gasteiger partial charge in [0, 0.05) is 0 Å². The van der Waals surface area contributed by atoms with E-state index < -0.39 is 0 Å². The highest BCUT2D eigenvalue weighted by Crippen LogP contribution is 2.77. The Bertz CT molecular complexity index is 1260. The van der Waals surface area contributed by atoms with Crippen LogP contribution in [0.4, 0.5) is 0 Å². The van der Waals surface area contributed by atoms with Crippen LogP contribution in [0.2, 0.25) is 0 Å². The SMILES string of the molecule is C=C[C@]12CC[C@@H](C(=C)C)[C@@H]1[C@H]1CC[C@@H]3[C@@]4(C)CC=C(c5ccc(C)cc5)C(C)(C)[C@@H]4CC[C@@]3(C)[C@]1(C)CC2.O=C=O. The molecule has 0 bridgehead atoms. The number of allylic oxidation sites excluding steroid dienone is 4. The van der Waals surface area contributed by atoms with Gasteiger partial charge in [0.05, 0.1) is 0 Å². The summed E-state index contributed by atoms with van der Waals surface area (Å²) in [4.78, 5) is 16.2. The average Bonchev–Trinajstić information content (AvgIpc) is 3.31. The van der Waals surface area contributed by atoms with Crippen molar-refractivity contribution in [3.63, 3.8) is 0 Å². The van der Waals surface area contributed by atoms with Crippen molar-refractivity contribution in [3.8, 4) is 0 Å². The first-order chi connectivity index (χ1) is 19.3. The summed E-state index contributed by atoms with van der Waals surface area (Å²) < 4.78 is 0. The van der Waals surface area contributed by atoms with Gasteiger partial charge in [-0.15, -0.1) is 6.58 Å². The van der Waals surface area contributed by atoms with Crippen molar-refractivity contribution in [1.82, 2.24) is 0 Å². The summed E-state index contributed by atoms with van der Waals surface area (Å²) >= 11 is 0. The smallest absolute Gasteiger partial charge is 0.186 e. The first-order valence-corrected chi connectivity index (χ1v) is 16.3. The number of fused-ring (bicyclic) bond motifs is 7. The highest BCUT2D eigenvalue weighted by Gasteiger charge is 2.70. The van der Waals surface area contributed by atoms with Gasteiger partial charge in [0.2, 0.25) is 0 Å². The lowest BCUT2D eigenvalue weighted by atomic mass is 9.32. The van der Waals surface area contributed by atoms with Crippen LogP contribution in [0.1, 0.15) is 110 Å². The summed E-state index contributed by atoms with van der Waals surface area (Å²) in [7, 11) is 0. The van der Waals surface area contributed by atoms with Gasteiger partial charge in [-0.3, -0.25) is 0 Å². The van der Waals surface area contributed by atoms with Crippen LogP contribution in [0.3, 0.4) is 0 Å². The van der Waals surface area contributed by atoms with Crippen molar-refractivity contribution in [1.29, 1.82) is 0 Å². The Balaban J connectivity index is 0.00000108. The molecule has 5 aliphatic rings. The highest BCUT2D eigenvalue weighted by atomic mass is 16.2. The molecule has 1 aromatic carbocycles. The van der Waals surface area contributed by atoms with Crippen LogP contribution in [0.15, 0.2) is 55.1 Å². The van der Waals surface area contributed by atoms with E-state index in [4.69, 9.17) is 9.59 Å². The molecule has 0 spiro atoms. The molecule has 0 amide bonds. The van der Waals surface area contributed by atoms with Gasteiger partial charge in [-0.05, 0) is 139 Å². The molecule has 0 saturated heterocycles. The summed E-state index contributed by atoms with van der Waals surface area (Å²) in [5.41, 5.74) is 7.64. The third-order valence-electron chi connectivity index (χ3n) is 14.5. The van der Waals surface area contributed by atoms with Crippen molar-refractivity contribution >= 4 is 11.7 Å². The molecule has 1 aromatic rings. The van der Waals surface area contributed by atoms with E-state index in [1.807, 2.05) is 0 Å². The van der Waals surface area contributed by atoms with Crippen molar-refractivity contribution in [2.45, 2.75) is 106 Å². The number of aryl methyl sites for hydroxylation is 1. The monoisotopic (exact) mass is 554 g/mol.